The van der Waals surface area contributed by atoms with Gasteiger partial charge in [0.05, 0.1) is 12.3 Å². The van der Waals surface area contributed by atoms with Crippen LogP contribution in [0.3, 0.4) is 0 Å². The first-order chi connectivity index (χ1) is 14.7. The zero-order valence-electron chi connectivity index (χ0n) is 16.3. The molecule has 0 spiro atoms. The zero-order chi connectivity index (χ0) is 20.5. The summed E-state index contributed by atoms with van der Waals surface area (Å²) in [5, 5.41) is 7.77. The highest BCUT2D eigenvalue weighted by Crippen LogP contribution is 2.30. The van der Waals surface area contributed by atoms with E-state index in [1.54, 1.807) is 28.8 Å². The monoisotopic (exact) mass is 399 g/mol. The first-order valence-electron chi connectivity index (χ1n) is 9.92. The summed E-state index contributed by atoms with van der Waals surface area (Å²) in [5.41, 5.74) is 9.21. The lowest BCUT2D eigenvalue weighted by molar-refractivity contribution is 0.100. The second-order valence-electron chi connectivity index (χ2n) is 7.46. The fraction of sp³-hybridized carbons (Fsp3) is 0.174. The third-order valence-corrected chi connectivity index (χ3v) is 5.12. The molecule has 1 aliphatic carbocycles. The zero-order valence-corrected chi connectivity index (χ0v) is 16.3. The van der Waals surface area contributed by atoms with Gasteiger partial charge in [0, 0.05) is 16.8 Å². The lowest BCUT2D eigenvalue weighted by Gasteiger charge is -2.07. The third-order valence-electron chi connectivity index (χ3n) is 5.12. The summed E-state index contributed by atoms with van der Waals surface area (Å²) in [7, 11) is 0. The molecule has 2 heterocycles. The van der Waals surface area contributed by atoms with Crippen LogP contribution in [0.25, 0.3) is 16.9 Å². The number of carbonyl (C=O) groups is 1. The van der Waals surface area contributed by atoms with Gasteiger partial charge < -0.3 is 15.8 Å². The number of aromatic nitrogens is 3. The van der Waals surface area contributed by atoms with Crippen molar-refractivity contribution >= 4 is 23.2 Å². The maximum atomic E-state index is 11.2. The van der Waals surface area contributed by atoms with Gasteiger partial charge in [-0.15, -0.1) is 5.10 Å². The number of ether oxygens (including phenoxy) is 1. The third kappa shape index (κ3) is 3.82. The molecule has 0 aliphatic heterocycles. The number of fused-ring (bicyclic) bond motifs is 1. The normalized spacial score (nSPS) is 13.3. The van der Waals surface area contributed by atoms with E-state index >= 15 is 0 Å². The van der Waals surface area contributed by atoms with Crippen molar-refractivity contribution in [2.24, 2.45) is 11.7 Å². The molecule has 1 amide bonds. The highest BCUT2D eigenvalue weighted by Gasteiger charge is 2.21. The molecule has 2 aromatic carbocycles. The van der Waals surface area contributed by atoms with Crippen LogP contribution < -0.4 is 15.8 Å². The van der Waals surface area contributed by atoms with E-state index in [1.165, 1.54) is 12.8 Å². The molecule has 3 N–H and O–H groups in total. The number of nitrogens with two attached hydrogens (primary N) is 1. The van der Waals surface area contributed by atoms with Crippen molar-refractivity contribution in [2.45, 2.75) is 12.8 Å². The molecule has 150 valence electrons. The van der Waals surface area contributed by atoms with Crippen molar-refractivity contribution in [3.63, 3.8) is 0 Å². The van der Waals surface area contributed by atoms with Crippen molar-refractivity contribution in [1.82, 2.24) is 14.6 Å². The molecule has 0 unspecified atom stereocenters. The van der Waals surface area contributed by atoms with E-state index < -0.39 is 5.91 Å². The highest BCUT2D eigenvalue weighted by molar-refractivity contribution is 5.93. The molecule has 7 nitrogen and oxygen atoms in total. The predicted octanol–water partition coefficient (Wildman–Crippen LogP) is 4.03. The van der Waals surface area contributed by atoms with Gasteiger partial charge in [0.15, 0.2) is 5.65 Å². The largest absolute Gasteiger partial charge is 0.493 e. The van der Waals surface area contributed by atoms with Gasteiger partial charge in [-0.3, -0.25) is 4.79 Å². The van der Waals surface area contributed by atoms with E-state index in [4.69, 9.17) is 10.5 Å². The second kappa shape index (κ2) is 7.51. The van der Waals surface area contributed by atoms with Gasteiger partial charge in [-0.05, 0) is 79.4 Å². The van der Waals surface area contributed by atoms with E-state index in [0.29, 0.717) is 11.5 Å². The average molecular weight is 399 g/mol. The average Bonchev–Trinajstić information content (AvgIpc) is 3.50. The van der Waals surface area contributed by atoms with E-state index in [-0.39, 0.29) is 0 Å². The number of hydrogen-bond donors (Lipinski definition) is 2. The summed E-state index contributed by atoms with van der Waals surface area (Å²) >= 11 is 0. The van der Waals surface area contributed by atoms with Crippen LogP contribution in [-0.4, -0.2) is 27.1 Å². The number of pyridine rings is 1. The molecule has 1 aliphatic rings. The lowest BCUT2D eigenvalue weighted by Crippen LogP contribution is -2.10. The SMILES string of the molecule is NC(=O)c1ccc(Nc2nc3cccc(-c4ccc(OCC5CC5)cc4)n3n2)cc1. The summed E-state index contributed by atoms with van der Waals surface area (Å²) < 4.78 is 7.63. The van der Waals surface area contributed by atoms with E-state index in [2.05, 4.69) is 15.4 Å². The Hall–Kier alpha value is -3.87. The van der Waals surface area contributed by atoms with Gasteiger partial charge in [-0.25, -0.2) is 4.52 Å². The van der Waals surface area contributed by atoms with Crippen molar-refractivity contribution in [2.75, 3.05) is 11.9 Å². The number of nitrogens with one attached hydrogen (secondary N) is 1. The molecule has 0 saturated heterocycles. The van der Waals surface area contributed by atoms with E-state index in [9.17, 15) is 4.79 Å². The maximum Gasteiger partial charge on any atom is 0.248 e. The van der Waals surface area contributed by atoms with Gasteiger partial charge >= 0.3 is 0 Å². The Balaban J connectivity index is 1.38. The van der Waals surface area contributed by atoms with Gasteiger partial charge in [-0.2, -0.15) is 4.98 Å². The smallest absolute Gasteiger partial charge is 0.248 e. The molecule has 30 heavy (non-hydrogen) atoms. The minimum atomic E-state index is -0.457. The van der Waals surface area contributed by atoms with Crippen LogP contribution >= 0.6 is 0 Å². The maximum absolute atomic E-state index is 11.2. The molecule has 0 atom stereocenters. The second-order valence-corrected chi connectivity index (χ2v) is 7.46. The van der Waals surface area contributed by atoms with Crippen molar-refractivity contribution < 1.29 is 9.53 Å². The van der Waals surface area contributed by atoms with Crippen molar-refractivity contribution in [3.8, 4) is 17.0 Å². The number of primary amides is 1. The number of benzene rings is 2. The van der Waals surface area contributed by atoms with E-state index in [0.717, 1.165) is 40.9 Å². The van der Waals surface area contributed by atoms with Crippen LogP contribution in [0.1, 0.15) is 23.2 Å². The summed E-state index contributed by atoms with van der Waals surface area (Å²) in [6.45, 7) is 0.799. The molecular weight excluding hydrogens is 378 g/mol. The number of nitrogens with zero attached hydrogens (tertiary/aromatic N) is 3. The number of hydrogen-bond acceptors (Lipinski definition) is 5. The summed E-state index contributed by atoms with van der Waals surface area (Å²) in [6, 6.07) is 20.8. The summed E-state index contributed by atoms with van der Waals surface area (Å²) in [5.74, 6) is 1.63. The molecule has 2 aromatic heterocycles. The number of carbonyl (C=O) groups excluding carboxylic acids is 1. The Kier molecular flexibility index (Phi) is 4.55. The molecule has 1 saturated carbocycles. The van der Waals surface area contributed by atoms with Gasteiger partial charge in [0.25, 0.3) is 0 Å². The fourth-order valence-electron chi connectivity index (χ4n) is 3.24. The van der Waals surface area contributed by atoms with Gasteiger partial charge in [-0.1, -0.05) is 6.07 Å². The van der Waals surface area contributed by atoms with Crippen molar-refractivity contribution in [1.29, 1.82) is 0 Å². The van der Waals surface area contributed by atoms with Crippen molar-refractivity contribution in [3.05, 3.63) is 72.3 Å². The molecular formula is C23H21N5O2. The number of anilines is 2. The van der Waals surface area contributed by atoms with Crippen LogP contribution in [0.15, 0.2) is 66.7 Å². The Morgan fingerprint density at radius 2 is 1.83 bits per heavy atom. The first-order valence-corrected chi connectivity index (χ1v) is 9.92. The minimum absolute atomic E-state index is 0.454. The van der Waals surface area contributed by atoms with Crippen LogP contribution in [-0.2, 0) is 0 Å². The predicted molar refractivity (Wildman–Crippen MR) is 115 cm³/mol. The Labute approximate surface area is 173 Å². The Morgan fingerprint density at radius 1 is 1.07 bits per heavy atom. The first kappa shape index (κ1) is 18.2. The van der Waals surface area contributed by atoms with Gasteiger partial charge in [0.1, 0.15) is 5.75 Å². The van der Waals surface area contributed by atoms with E-state index in [1.807, 2.05) is 42.5 Å². The molecule has 4 aromatic rings. The minimum Gasteiger partial charge on any atom is -0.493 e. The highest BCUT2D eigenvalue weighted by atomic mass is 16.5. The lowest BCUT2D eigenvalue weighted by atomic mass is 10.1. The number of amides is 1. The summed E-state index contributed by atoms with van der Waals surface area (Å²) in [6.07, 6.45) is 2.55. The molecule has 0 bridgehead atoms. The summed E-state index contributed by atoms with van der Waals surface area (Å²) in [4.78, 5) is 15.8. The fourth-order valence-corrected chi connectivity index (χ4v) is 3.24. The Morgan fingerprint density at radius 3 is 2.53 bits per heavy atom. The topological polar surface area (TPSA) is 94.5 Å². The van der Waals surface area contributed by atoms with Crippen LogP contribution in [0, 0.1) is 5.92 Å². The Bertz CT molecular complexity index is 1190. The standard InChI is InChI=1S/C23H21N5O2/c24-22(29)17-6-10-18(11-7-17)25-23-26-21-3-1-2-20(28(21)27-23)16-8-12-19(13-9-16)30-14-15-4-5-15/h1-3,6-13,15H,4-5,14H2,(H2,24,29)(H,25,27). The molecule has 1 fully saturated rings. The van der Waals surface area contributed by atoms with Crippen LogP contribution in [0.5, 0.6) is 5.75 Å². The quantitative estimate of drug-likeness (QED) is 0.489. The van der Waals surface area contributed by atoms with Crippen LogP contribution in [0.4, 0.5) is 11.6 Å². The van der Waals surface area contributed by atoms with Gasteiger partial charge in [0.2, 0.25) is 11.9 Å². The number of rotatable bonds is 7. The molecule has 7 heteroatoms. The molecule has 5 rings (SSSR count). The molecule has 0 radical (unpaired) electrons. The van der Waals surface area contributed by atoms with Crippen LogP contribution in [0.2, 0.25) is 0 Å².